The lowest BCUT2D eigenvalue weighted by Crippen LogP contribution is -2.25. The molecule has 0 saturated carbocycles. The van der Waals surface area contributed by atoms with Crippen LogP contribution >= 0.6 is 15.9 Å². The Kier molecular flexibility index (Phi) is 1.96. The summed E-state index contributed by atoms with van der Waals surface area (Å²) in [6, 6.07) is 8.55. The zero-order valence-electron chi connectivity index (χ0n) is 6.18. The first-order valence-electron chi connectivity index (χ1n) is 3.83. The molecule has 1 nitrogen and oxygen atoms in total. The lowest BCUT2D eigenvalue weighted by atomic mass is 10.0. The summed E-state index contributed by atoms with van der Waals surface area (Å²) in [4.78, 5) is 0.354. The third kappa shape index (κ3) is 1.33. The molecule has 2 rings (SSSR count). The van der Waals surface area contributed by atoms with Gasteiger partial charge < -0.3 is 5.32 Å². The molecule has 1 aromatic carbocycles. The molecule has 0 saturated heterocycles. The maximum absolute atomic E-state index is 3.58. The Bertz CT molecular complexity index is 259. The highest BCUT2D eigenvalue weighted by Gasteiger charge is 2.14. The molecule has 0 fully saturated rings. The highest BCUT2D eigenvalue weighted by atomic mass is 79.9. The summed E-state index contributed by atoms with van der Waals surface area (Å²) in [5.41, 5.74) is 2.85. The van der Waals surface area contributed by atoms with Gasteiger partial charge in [0.2, 0.25) is 0 Å². The van der Waals surface area contributed by atoms with E-state index in [9.17, 15) is 0 Å². The van der Waals surface area contributed by atoms with Gasteiger partial charge in [-0.2, -0.15) is 0 Å². The first kappa shape index (κ1) is 7.32. The van der Waals surface area contributed by atoms with Crippen LogP contribution in [-0.4, -0.2) is 6.54 Å². The molecule has 0 spiro atoms. The number of alkyl halides is 1. The van der Waals surface area contributed by atoms with Gasteiger partial charge in [-0.3, -0.25) is 0 Å². The van der Waals surface area contributed by atoms with Crippen molar-refractivity contribution in [3.8, 4) is 0 Å². The molecule has 1 atom stereocenters. The number of hydrogen-bond donors (Lipinski definition) is 1. The zero-order chi connectivity index (χ0) is 7.68. The summed E-state index contributed by atoms with van der Waals surface area (Å²) >= 11 is 3.58. The van der Waals surface area contributed by atoms with Gasteiger partial charge in [0.05, 0.1) is 4.95 Å². The predicted octanol–water partition coefficient (Wildman–Crippen LogP) is 2.23. The molecular formula is C9H10BrN. The molecule has 58 valence electrons. The Balaban J connectivity index is 2.44. The van der Waals surface area contributed by atoms with Crippen LogP contribution in [0.5, 0.6) is 0 Å². The van der Waals surface area contributed by atoms with Crippen LogP contribution in [-0.2, 0) is 6.42 Å². The monoisotopic (exact) mass is 211 g/mol. The fourth-order valence-electron chi connectivity index (χ4n) is 1.45. The summed E-state index contributed by atoms with van der Waals surface area (Å²) < 4.78 is 0. The predicted molar refractivity (Wildman–Crippen MR) is 49.8 cm³/mol. The standard InChI is InChI=1S/C9H10BrN/c10-9-8-4-2-1-3-7(8)5-6-11-9/h1-4,9,11H,5-6H2. The van der Waals surface area contributed by atoms with Crippen LogP contribution in [0.4, 0.5) is 0 Å². The van der Waals surface area contributed by atoms with E-state index in [1.165, 1.54) is 11.1 Å². The van der Waals surface area contributed by atoms with Crippen LogP contribution in [0.2, 0.25) is 0 Å². The minimum Gasteiger partial charge on any atom is -0.301 e. The number of rotatable bonds is 0. The third-order valence-corrected chi connectivity index (χ3v) is 2.86. The van der Waals surface area contributed by atoms with Gasteiger partial charge in [-0.05, 0) is 17.5 Å². The molecule has 2 heteroatoms. The second-order valence-corrected chi connectivity index (χ2v) is 3.68. The summed E-state index contributed by atoms with van der Waals surface area (Å²) in [6.07, 6.45) is 1.15. The van der Waals surface area contributed by atoms with Crippen molar-refractivity contribution >= 4 is 15.9 Å². The number of fused-ring (bicyclic) bond motifs is 1. The highest BCUT2D eigenvalue weighted by Crippen LogP contribution is 2.26. The lowest BCUT2D eigenvalue weighted by molar-refractivity contribution is 0.638. The smallest absolute Gasteiger partial charge is 0.0889 e. The number of benzene rings is 1. The van der Waals surface area contributed by atoms with Crippen molar-refractivity contribution in [3.05, 3.63) is 35.4 Å². The van der Waals surface area contributed by atoms with Gasteiger partial charge in [0.1, 0.15) is 0 Å². The minimum absolute atomic E-state index is 0.354. The van der Waals surface area contributed by atoms with Gasteiger partial charge in [0.15, 0.2) is 0 Å². The number of halogens is 1. The van der Waals surface area contributed by atoms with Crippen molar-refractivity contribution in [2.24, 2.45) is 0 Å². The molecule has 1 N–H and O–H groups in total. The third-order valence-electron chi connectivity index (χ3n) is 2.05. The average molecular weight is 212 g/mol. The van der Waals surface area contributed by atoms with Crippen molar-refractivity contribution in [1.82, 2.24) is 5.32 Å². The van der Waals surface area contributed by atoms with Gasteiger partial charge in [0.25, 0.3) is 0 Å². The van der Waals surface area contributed by atoms with Gasteiger partial charge in [-0.15, -0.1) is 0 Å². The van der Waals surface area contributed by atoms with Crippen LogP contribution in [0.3, 0.4) is 0 Å². The topological polar surface area (TPSA) is 12.0 Å². The summed E-state index contributed by atoms with van der Waals surface area (Å²) in [6.45, 7) is 1.08. The molecule has 0 bridgehead atoms. The molecule has 0 aromatic heterocycles. The maximum Gasteiger partial charge on any atom is 0.0889 e. The Morgan fingerprint density at radius 3 is 3.00 bits per heavy atom. The molecule has 1 aliphatic heterocycles. The summed E-state index contributed by atoms with van der Waals surface area (Å²) in [5, 5.41) is 3.35. The Morgan fingerprint density at radius 2 is 2.18 bits per heavy atom. The van der Waals surface area contributed by atoms with Crippen molar-refractivity contribution in [1.29, 1.82) is 0 Å². The van der Waals surface area contributed by atoms with E-state index in [1.54, 1.807) is 0 Å². The van der Waals surface area contributed by atoms with E-state index in [4.69, 9.17) is 0 Å². The van der Waals surface area contributed by atoms with E-state index in [0.717, 1.165) is 13.0 Å². The molecular weight excluding hydrogens is 202 g/mol. The lowest BCUT2D eigenvalue weighted by Gasteiger charge is -2.21. The van der Waals surface area contributed by atoms with Crippen molar-refractivity contribution in [2.45, 2.75) is 11.4 Å². The molecule has 1 unspecified atom stereocenters. The molecule has 0 aliphatic carbocycles. The first-order valence-corrected chi connectivity index (χ1v) is 4.75. The molecule has 0 amide bonds. The van der Waals surface area contributed by atoms with Crippen LogP contribution in [0.15, 0.2) is 24.3 Å². The van der Waals surface area contributed by atoms with Crippen molar-refractivity contribution < 1.29 is 0 Å². The Morgan fingerprint density at radius 1 is 1.36 bits per heavy atom. The highest BCUT2D eigenvalue weighted by molar-refractivity contribution is 9.09. The average Bonchev–Trinajstić information content (AvgIpc) is 2.06. The van der Waals surface area contributed by atoms with E-state index in [2.05, 4.69) is 45.5 Å². The normalized spacial score (nSPS) is 22.8. The SMILES string of the molecule is BrC1NCCc2ccccc21. The van der Waals surface area contributed by atoms with Gasteiger partial charge in [-0.25, -0.2) is 0 Å². The second kappa shape index (κ2) is 2.95. The largest absolute Gasteiger partial charge is 0.301 e. The maximum atomic E-state index is 3.58. The Hall–Kier alpha value is -0.340. The number of hydrogen-bond acceptors (Lipinski definition) is 1. The van der Waals surface area contributed by atoms with Crippen LogP contribution < -0.4 is 5.32 Å². The molecule has 0 radical (unpaired) electrons. The Labute approximate surface area is 74.9 Å². The fourth-order valence-corrected chi connectivity index (χ4v) is 2.13. The van der Waals surface area contributed by atoms with E-state index in [0.29, 0.717) is 4.95 Å². The van der Waals surface area contributed by atoms with Gasteiger partial charge >= 0.3 is 0 Å². The quantitative estimate of drug-likeness (QED) is 0.513. The van der Waals surface area contributed by atoms with Crippen LogP contribution in [0.25, 0.3) is 0 Å². The van der Waals surface area contributed by atoms with E-state index in [-0.39, 0.29) is 0 Å². The molecule has 1 aromatic rings. The molecule has 11 heavy (non-hydrogen) atoms. The van der Waals surface area contributed by atoms with E-state index >= 15 is 0 Å². The minimum atomic E-state index is 0.354. The molecule has 1 aliphatic rings. The molecule has 1 heterocycles. The van der Waals surface area contributed by atoms with Crippen LogP contribution in [0, 0.1) is 0 Å². The van der Waals surface area contributed by atoms with E-state index < -0.39 is 0 Å². The van der Waals surface area contributed by atoms with Crippen molar-refractivity contribution in [3.63, 3.8) is 0 Å². The van der Waals surface area contributed by atoms with Gasteiger partial charge in [-0.1, -0.05) is 40.2 Å². The van der Waals surface area contributed by atoms with Gasteiger partial charge in [0, 0.05) is 6.54 Å². The van der Waals surface area contributed by atoms with E-state index in [1.807, 2.05) is 0 Å². The zero-order valence-corrected chi connectivity index (χ0v) is 7.76. The van der Waals surface area contributed by atoms with Crippen LogP contribution in [0.1, 0.15) is 16.1 Å². The second-order valence-electron chi connectivity index (χ2n) is 2.77. The fraction of sp³-hybridized carbons (Fsp3) is 0.333. The van der Waals surface area contributed by atoms with Crippen molar-refractivity contribution in [2.75, 3.05) is 6.54 Å². The first-order chi connectivity index (χ1) is 5.38. The summed E-state index contributed by atoms with van der Waals surface area (Å²) in [7, 11) is 0. The summed E-state index contributed by atoms with van der Waals surface area (Å²) in [5.74, 6) is 0. The number of nitrogens with one attached hydrogen (secondary N) is 1.